The number of likely N-dealkylation sites (N-methyl/N-ethyl adjacent to an activating group) is 1. The van der Waals surface area contributed by atoms with E-state index in [1.165, 1.54) is 47.4 Å². The zero-order valence-electron chi connectivity index (χ0n) is 12.7. The molecule has 0 radical (unpaired) electrons. The molecule has 2 amide bonds. The van der Waals surface area contributed by atoms with Crippen LogP contribution in [0.4, 0.5) is 11.4 Å². The Labute approximate surface area is 137 Å². The Hall–Kier alpha value is -3.48. The lowest BCUT2D eigenvalue weighted by molar-refractivity contribution is -0.384. The van der Waals surface area contributed by atoms with Crippen LogP contribution in [0.25, 0.3) is 6.08 Å². The van der Waals surface area contributed by atoms with Crippen molar-refractivity contribution in [2.24, 2.45) is 0 Å². The van der Waals surface area contributed by atoms with Crippen LogP contribution in [0.3, 0.4) is 0 Å². The van der Waals surface area contributed by atoms with Crippen LogP contribution in [0, 0.1) is 10.1 Å². The molecule has 7 heteroatoms. The predicted molar refractivity (Wildman–Crippen MR) is 87.8 cm³/mol. The summed E-state index contributed by atoms with van der Waals surface area (Å²) in [7, 11) is 1.52. The molecular weight excluding hydrogens is 310 g/mol. The second-order valence-corrected chi connectivity index (χ2v) is 5.19. The molecule has 1 fully saturated rings. The smallest absolute Gasteiger partial charge is 0.267 e. The van der Waals surface area contributed by atoms with Crippen LogP contribution in [-0.4, -0.2) is 28.8 Å². The van der Waals surface area contributed by atoms with Gasteiger partial charge < -0.3 is 0 Å². The first-order valence-electron chi connectivity index (χ1n) is 7.12. The lowest BCUT2D eigenvalue weighted by Crippen LogP contribution is -2.37. The van der Waals surface area contributed by atoms with Gasteiger partial charge in [-0.2, -0.15) is 0 Å². The maximum absolute atomic E-state index is 12.6. The first-order chi connectivity index (χ1) is 11.5. The summed E-state index contributed by atoms with van der Waals surface area (Å²) in [6, 6.07) is 14.5. The molecule has 1 aliphatic heterocycles. The molecule has 0 unspecified atom stereocenters. The third kappa shape index (κ3) is 2.63. The van der Waals surface area contributed by atoms with Gasteiger partial charge in [-0.05, 0) is 35.9 Å². The second-order valence-electron chi connectivity index (χ2n) is 5.19. The summed E-state index contributed by atoms with van der Waals surface area (Å²) in [4.78, 5) is 35.1. The molecule has 7 nitrogen and oxygen atoms in total. The number of rotatable bonds is 3. The molecule has 0 atom stereocenters. The van der Waals surface area contributed by atoms with Crippen molar-refractivity contribution in [3.63, 3.8) is 0 Å². The van der Waals surface area contributed by atoms with E-state index >= 15 is 0 Å². The Morgan fingerprint density at radius 2 is 1.58 bits per heavy atom. The summed E-state index contributed by atoms with van der Waals surface area (Å²) >= 11 is 0. The molecule has 0 spiro atoms. The molecule has 2 aromatic rings. The van der Waals surface area contributed by atoms with Gasteiger partial charge in [0.25, 0.3) is 17.5 Å². The molecule has 0 aromatic heterocycles. The normalized spacial score (nSPS) is 16.1. The van der Waals surface area contributed by atoms with Gasteiger partial charge in [0, 0.05) is 19.2 Å². The number of nitrogens with zero attached hydrogens (tertiary/aromatic N) is 3. The van der Waals surface area contributed by atoms with Crippen molar-refractivity contribution in [2.75, 3.05) is 12.1 Å². The van der Waals surface area contributed by atoms with Crippen LogP contribution in [0.2, 0.25) is 0 Å². The van der Waals surface area contributed by atoms with E-state index in [1.807, 2.05) is 6.07 Å². The summed E-state index contributed by atoms with van der Waals surface area (Å²) in [6.07, 6.45) is 1.44. The lowest BCUT2D eigenvalue weighted by Gasteiger charge is -2.22. The Morgan fingerprint density at radius 3 is 2.17 bits per heavy atom. The fourth-order valence-electron chi connectivity index (χ4n) is 2.45. The SMILES string of the molecule is CN1C(=O)/C(=C\c2ccc([N+](=O)[O-])cc2)C(=O)N1c1ccccc1. The van der Waals surface area contributed by atoms with E-state index in [1.54, 1.807) is 24.3 Å². The van der Waals surface area contributed by atoms with Crippen molar-refractivity contribution in [1.29, 1.82) is 0 Å². The monoisotopic (exact) mass is 323 g/mol. The van der Waals surface area contributed by atoms with Crippen molar-refractivity contribution in [1.82, 2.24) is 5.01 Å². The number of non-ortho nitro benzene ring substituents is 1. The number of benzene rings is 2. The number of nitro groups is 1. The fourth-order valence-corrected chi connectivity index (χ4v) is 2.45. The number of para-hydroxylation sites is 1. The van der Waals surface area contributed by atoms with Crippen molar-refractivity contribution in [3.8, 4) is 0 Å². The van der Waals surface area contributed by atoms with Crippen LogP contribution in [0.5, 0.6) is 0 Å². The van der Waals surface area contributed by atoms with E-state index in [2.05, 4.69) is 0 Å². The van der Waals surface area contributed by atoms with Gasteiger partial charge in [-0.3, -0.25) is 19.7 Å². The predicted octanol–water partition coefficient (Wildman–Crippen LogP) is 2.40. The minimum atomic E-state index is -0.506. The van der Waals surface area contributed by atoms with Gasteiger partial charge in [0.15, 0.2) is 0 Å². The van der Waals surface area contributed by atoms with E-state index in [-0.39, 0.29) is 11.3 Å². The average Bonchev–Trinajstić information content (AvgIpc) is 2.80. The molecule has 3 rings (SSSR count). The number of carbonyl (C=O) groups is 2. The number of hydrazine groups is 1. The molecule has 1 aliphatic rings. The minimum absolute atomic E-state index is 0.00945. The first-order valence-corrected chi connectivity index (χ1v) is 7.12. The summed E-state index contributed by atoms with van der Waals surface area (Å²) in [5.74, 6) is -0.866. The summed E-state index contributed by atoms with van der Waals surface area (Å²) in [5.41, 5.74) is 1.09. The molecule has 0 saturated carbocycles. The standard InChI is InChI=1S/C17H13N3O4/c1-18-16(21)15(11-12-7-9-14(10-8-12)20(23)24)17(22)19(18)13-5-3-2-4-6-13/h2-11H,1H3/b15-11+. The number of amides is 2. The van der Waals surface area contributed by atoms with Gasteiger partial charge in [0.2, 0.25) is 0 Å². The van der Waals surface area contributed by atoms with Gasteiger partial charge >= 0.3 is 0 Å². The number of carbonyl (C=O) groups excluding carboxylic acids is 2. The maximum atomic E-state index is 12.6. The largest absolute Gasteiger partial charge is 0.282 e. The molecule has 0 N–H and O–H groups in total. The zero-order chi connectivity index (χ0) is 17.3. The van der Waals surface area contributed by atoms with E-state index in [0.29, 0.717) is 11.3 Å². The third-order valence-electron chi connectivity index (χ3n) is 3.66. The van der Waals surface area contributed by atoms with Gasteiger partial charge in [0.05, 0.1) is 10.6 Å². The topological polar surface area (TPSA) is 83.8 Å². The first kappa shape index (κ1) is 15.4. The van der Waals surface area contributed by atoms with E-state index < -0.39 is 16.7 Å². The summed E-state index contributed by atoms with van der Waals surface area (Å²) < 4.78 is 0. The van der Waals surface area contributed by atoms with Crippen molar-refractivity contribution < 1.29 is 14.5 Å². The highest BCUT2D eigenvalue weighted by molar-refractivity contribution is 6.31. The van der Waals surface area contributed by atoms with Crippen LogP contribution in [0.1, 0.15) is 5.56 Å². The Kier molecular flexibility index (Phi) is 3.83. The number of hydrogen-bond donors (Lipinski definition) is 0. The van der Waals surface area contributed by atoms with E-state index in [0.717, 1.165) is 0 Å². The number of nitro benzene ring substituents is 1. The van der Waals surface area contributed by atoms with Crippen LogP contribution in [0.15, 0.2) is 60.2 Å². The van der Waals surface area contributed by atoms with Gasteiger partial charge in [0.1, 0.15) is 5.57 Å². The number of anilines is 1. The average molecular weight is 323 g/mol. The Morgan fingerprint density at radius 1 is 0.958 bits per heavy atom. The molecule has 0 bridgehead atoms. The highest BCUT2D eigenvalue weighted by atomic mass is 16.6. The highest BCUT2D eigenvalue weighted by Crippen LogP contribution is 2.27. The van der Waals surface area contributed by atoms with Gasteiger partial charge in [-0.15, -0.1) is 0 Å². The van der Waals surface area contributed by atoms with Gasteiger partial charge in [-0.1, -0.05) is 18.2 Å². The molecule has 24 heavy (non-hydrogen) atoms. The molecule has 0 aliphatic carbocycles. The summed E-state index contributed by atoms with van der Waals surface area (Å²) in [5, 5.41) is 13.2. The molecular formula is C17H13N3O4. The Bertz CT molecular complexity index is 844. The maximum Gasteiger partial charge on any atom is 0.282 e. The van der Waals surface area contributed by atoms with E-state index in [4.69, 9.17) is 0 Å². The molecule has 2 aromatic carbocycles. The molecule has 1 heterocycles. The minimum Gasteiger partial charge on any atom is -0.267 e. The van der Waals surface area contributed by atoms with Crippen molar-refractivity contribution >= 4 is 29.3 Å². The molecule has 1 saturated heterocycles. The zero-order valence-corrected chi connectivity index (χ0v) is 12.7. The van der Waals surface area contributed by atoms with Gasteiger partial charge in [-0.25, -0.2) is 10.0 Å². The van der Waals surface area contributed by atoms with Crippen LogP contribution in [-0.2, 0) is 9.59 Å². The van der Waals surface area contributed by atoms with Crippen molar-refractivity contribution in [2.45, 2.75) is 0 Å². The lowest BCUT2D eigenvalue weighted by atomic mass is 10.1. The quantitative estimate of drug-likeness (QED) is 0.376. The van der Waals surface area contributed by atoms with E-state index in [9.17, 15) is 19.7 Å². The number of hydrogen-bond acceptors (Lipinski definition) is 4. The Balaban J connectivity index is 1.95. The highest BCUT2D eigenvalue weighted by Gasteiger charge is 2.39. The van der Waals surface area contributed by atoms with Crippen LogP contribution >= 0.6 is 0 Å². The van der Waals surface area contributed by atoms with Crippen molar-refractivity contribution in [3.05, 3.63) is 75.8 Å². The van der Waals surface area contributed by atoms with Crippen LogP contribution < -0.4 is 5.01 Å². The third-order valence-corrected chi connectivity index (χ3v) is 3.66. The summed E-state index contributed by atoms with van der Waals surface area (Å²) in [6.45, 7) is 0. The second kappa shape index (κ2) is 5.96. The molecule has 120 valence electrons. The fraction of sp³-hybridized carbons (Fsp3) is 0.0588.